The number of aliphatic hydroxyl groups excluding tert-OH is 1. The van der Waals surface area contributed by atoms with Crippen molar-refractivity contribution in [3.8, 4) is 5.75 Å². The van der Waals surface area contributed by atoms with E-state index in [2.05, 4.69) is 10.0 Å². The van der Waals surface area contributed by atoms with E-state index in [9.17, 15) is 32.2 Å². The fourth-order valence-electron chi connectivity index (χ4n) is 4.82. The molecule has 0 amide bonds. The Labute approximate surface area is 228 Å². The second-order valence-corrected chi connectivity index (χ2v) is 13.8. The summed E-state index contributed by atoms with van der Waals surface area (Å²) < 4.78 is 65.2. The lowest BCUT2D eigenvalue weighted by molar-refractivity contribution is -0.177. The summed E-state index contributed by atoms with van der Waals surface area (Å²) >= 11 is 0. The van der Waals surface area contributed by atoms with E-state index >= 15 is 0 Å². The van der Waals surface area contributed by atoms with Crippen molar-refractivity contribution >= 4 is 20.0 Å². The van der Waals surface area contributed by atoms with Gasteiger partial charge >= 0.3 is 0 Å². The van der Waals surface area contributed by atoms with Gasteiger partial charge in [-0.15, -0.1) is 0 Å². The van der Waals surface area contributed by atoms with Crippen molar-refractivity contribution in [3.63, 3.8) is 0 Å². The van der Waals surface area contributed by atoms with Gasteiger partial charge in [0.1, 0.15) is 12.4 Å². The molecule has 2 aliphatic heterocycles. The van der Waals surface area contributed by atoms with E-state index in [-0.39, 0.29) is 34.7 Å². The highest BCUT2D eigenvalue weighted by Crippen LogP contribution is 2.37. The number of piperidine rings is 1. The third-order valence-corrected chi connectivity index (χ3v) is 10.4. The van der Waals surface area contributed by atoms with Crippen LogP contribution in [0.1, 0.15) is 24.8 Å². The van der Waals surface area contributed by atoms with Gasteiger partial charge in [-0.05, 0) is 56.1 Å². The predicted molar refractivity (Wildman–Crippen MR) is 141 cm³/mol. The lowest BCUT2D eigenvalue weighted by atomic mass is 9.88. The molecule has 216 valence electrons. The smallest absolute Gasteiger partial charge is 0.243 e. The normalized spacial score (nSPS) is 20.4. The van der Waals surface area contributed by atoms with Crippen molar-refractivity contribution < 1.29 is 41.6 Å². The molecule has 2 heterocycles. The zero-order valence-electron chi connectivity index (χ0n) is 21.6. The molecule has 2 saturated heterocycles. The van der Waals surface area contributed by atoms with E-state index in [0.29, 0.717) is 44.5 Å². The molecule has 0 aliphatic carbocycles. The van der Waals surface area contributed by atoms with E-state index in [0.717, 1.165) is 0 Å². The Hall–Kier alpha value is -2.14. The summed E-state index contributed by atoms with van der Waals surface area (Å²) in [7, 11) is -6.06. The summed E-state index contributed by atoms with van der Waals surface area (Å²) in [5.41, 5.74) is 0.0297. The Bertz CT molecular complexity index is 1360. The Morgan fingerprint density at radius 1 is 1.08 bits per heavy atom. The van der Waals surface area contributed by atoms with Gasteiger partial charge in [0.2, 0.25) is 25.8 Å². The number of ether oxygens (including phenoxy) is 2. The number of hydrogen-bond donors (Lipinski definition) is 5. The molecule has 1 spiro atoms. The van der Waals surface area contributed by atoms with Gasteiger partial charge in [0.25, 0.3) is 0 Å². The van der Waals surface area contributed by atoms with Crippen molar-refractivity contribution in [1.29, 1.82) is 0 Å². The second-order valence-electron chi connectivity index (χ2n) is 9.94. The van der Waals surface area contributed by atoms with Crippen LogP contribution in [0.25, 0.3) is 0 Å². The van der Waals surface area contributed by atoms with Gasteiger partial charge in [-0.3, -0.25) is 0 Å². The summed E-state index contributed by atoms with van der Waals surface area (Å²) in [5.74, 6) is -2.06. The molecule has 0 saturated carbocycles. The summed E-state index contributed by atoms with van der Waals surface area (Å²) in [4.78, 5) is 0.143. The molecule has 0 aromatic heterocycles. The number of benzene rings is 2. The van der Waals surface area contributed by atoms with Crippen molar-refractivity contribution in [2.45, 2.75) is 53.1 Å². The van der Waals surface area contributed by atoms with Crippen LogP contribution in [0.3, 0.4) is 0 Å². The molecular weight excluding hydrogens is 550 g/mol. The lowest BCUT2D eigenvalue weighted by Crippen LogP contribution is -2.49. The molecule has 39 heavy (non-hydrogen) atoms. The van der Waals surface area contributed by atoms with Gasteiger partial charge in [0.15, 0.2) is 0 Å². The standard InChI is InChI=1S/C25H35N3O9S2/c1-26-38(32,33)22-6-3-5-21(13-22)36-18-25(30,31)17-27-20-14-24(37-16-20)8-10-28(11-9-24)39(34,35)23-7-2-4-19(12-23)15-29/h2-7,12-13,20,26-27,29-31H,8-11,14-18H2,1H3. The number of aliphatic hydroxyl groups is 3. The molecule has 0 radical (unpaired) electrons. The molecule has 14 heteroatoms. The van der Waals surface area contributed by atoms with Crippen molar-refractivity contribution in [2.24, 2.45) is 0 Å². The Balaban J connectivity index is 1.26. The van der Waals surface area contributed by atoms with E-state index in [1.807, 2.05) is 0 Å². The number of sulfonamides is 2. The highest BCUT2D eigenvalue weighted by atomic mass is 32.2. The van der Waals surface area contributed by atoms with Gasteiger partial charge in [0, 0.05) is 25.2 Å². The first kappa shape index (κ1) is 29.8. The molecule has 1 unspecified atom stereocenters. The van der Waals surface area contributed by atoms with Crippen LogP contribution in [0.5, 0.6) is 5.75 Å². The van der Waals surface area contributed by atoms with E-state index < -0.39 is 38.0 Å². The van der Waals surface area contributed by atoms with Crippen LogP contribution >= 0.6 is 0 Å². The minimum atomic E-state index is -3.69. The van der Waals surface area contributed by atoms with E-state index in [1.54, 1.807) is 12.1 Å². The first-order valence-corrected chi connectivity index (χ1v) is 15.5. The van der Waals surface area contributed by atoms with E-state index in [4.69, 9.17) is 9.47 Å². The van der Waals surface area contributed by atoms with Gasteiger partial charge in [0.05, 0.1) is 35.2 Å². The Morgan fingerprint density at radius 2 is 1.77 bits per heavy atom. The number of nitrogens with zero attached hydrogens (tertiary/aromatic N) is 1. The zero-order chi connectivity index (χ0) is 28.3. The molecule has 2 fully saturated rings. The molecular formula is C25H35N3O9S2. The zero-order valence-corrected chi connectivity index (χ0v) is 23.2. The monoisotopic (exact) mass is 585 g/mol. The minimum absolute atomic E-state index is 0.00645. The predicted octanol–water partition coefficient (Wildman–Crippen LogP) is -0.251. The van der Waals surface area contributed by atoms with Crippen LogP contribution in [0.4, 0.5) is 0 Å². The summed E-state index contributed by atoms with van der Waals surface area (Å²) in [6.07, 6.45) is 1.59. The topological polar surface area (TPSA) is 175 Å². The molecule has 2 aromatic rings. The summed E-state index contributed by atoms with van der Waals surface area (Å²) in [6, 6.07) is 11.8. The van der Waals surface area contributed by atoms with Gasteiger partial charge in [-0.2, -0.15) is 4.31 Å². The fraction of sp³-hybridized carbons (Fsp3) is 0.520. The Kier molecular flexibility index (Phi) is 9.00. The highest BCUT2D eigenvalue weighted by Gasteiger charge is 2.45. The largest absolute Gasteiger partial charge is 0.488 e. The number of nitrogens with one attached hydrogen (secondary N) is 2. The maximum Gasteiger partial charge on any atom is 0.243 e. The first-order valence-electron chi connectivity index (χ1n) is 12.6. The molecule has 2 aromatic carbocycles. The minimum Gasteiger partial charge on any atom is -0.488 e. The van der Waals surface area contributed by atoms with Crippen LogP contribution in [-0.4, -0.2) is 93.8 Å². The molecule has 5 N–H and O–H groups in total. The molecule has 12 nitrogen and oxygen atoms in total. The number of hydrogen-bond acceptors (Lipinski definition) is 10. The molecule has 0 bridgehead atoms. The van der Waals surface area contributed by atoms with Crippen LogP contribution in [0, 0.1) is 0 Å². The highest BCUT2D eigenvalue weighted by molar-refractivity contribution is 7.89. The molecule has 1 atom stereocenters. The average Bonchev–Trinajstić information content (AvgIpc) is 3.33. The summed E-state index contributed by atoms with van der Waals surface area (Å²) in [5, 5.41) is 33.2. The SMILES string of the molecule is CNS(=O)(=O)c1cccc(OCC(O)(O)CNC2COC3(CCN(S(=O)(=O)c4cccc(CO)c4)CC3)C2)c1. The maximum atomic E-state index is 13.1. The first-order chi connectivity index (χ1) is 18.4. The van der Waals surface area contributed by atoms with Crippen LogP contribution in [0.2, 0.25) is 0 Å². The van der Waals surface area contributed by atoms with Gasteiger partial charge < -0.3 is 30.1 Å². The lowest BCUT2D eigenvalue weighted by Gasteiger charge is -2.38. The van der Waals surface area contributed by atoms with Crippen LogP contribution in [0.15, 0.2) is 58.3 Å². The summed E-state index contributed by atoms with van der Waals surface area (Å²) in [6.45, 7) is -0.0272. The quantitative estimate of drug-likeness (QED) is 0.221. The van der Waals surface area contributed by atoms with Gasteiger partial charge in [-0.25, -0.2) is 21.6 Å². The van der Waals surface area contributed by atoms with Crippen molar-refractivity contribution in [1.82, 2.24) is 14.3 Å². The third-order valence-electron chi connectivity index (χ3n) is 7.09. The maximum absolute atomic E-state index is 13.1. The van der Waals surface area contributed by atoms with Crippen LogP contribution < -0.4 is 14.8 Å². The average molecular weight is 586 g/mol. The molecule has 4 rings (SSSR count). The molecule has 2 aliphatic rings. The van der Waals surface area contributed by atoms with Gasteiger partial charge in [-0.1, -0.05) is 18.2 Å². The van der Waals surface area contributed by atoms with Crippen molar-refractivity contribution in [3.05, 3.63) is 54.1 Å². The van der Waals surface area contributed by atoms with E-state index in [1.165, 1.54) is 47.8 Å². The van der Waals surface area contributed by atoms with Crippen molar-refractivity contribution in [2.75, 3.05) is 39.9 Å². The second kappa shape index (κ2) is 11.8. The third kappa shape index (κ3) is 7.14. The number of rotatable bonds is 11. The van der Waals surface area contributed by atoms with Crippen LogP contribution in [-0.2, 0) is 31.4 Å². The Morgan fingerprint density at radius 3 is 2.46 bits per heavy atom. The fourth-order valence-corrected chi connectivity index (χ4v) is 7.10.